The number of para-hydroxylation sites is 1. The Kier molecular flexibility index (Phi) is 3.62. The van der Waals surface area contributed by atoms with Gasteiger partial charge in [0, 0.05) is 18.3 Å². The molecule has 0 aromatic heterocycles. The van der Waals surface area contributed by atoms with Crippen LogP contribution in [0.1, 0.15) is 39.2 Å². The van der Waals surface area contributed by atoms with Crippen LogP contribution >= 0.6 is 0 Å². The minimum absolute atomic E-state index is 0.142. The molecule has 4 nitrogen and oxygen atoms in total. The Hall–Kier alpha value is -1.07. The summed E-state index contributed by atoms with van der Waals surface area (Å²) in [5.74, 6) is 0. The van der Waals surface area contributed by atoms with Crippen molar-refractivity contribution in [1.82, 2.24) is 4.31 Å². The summed E-state index contributed by atoms with van der Waals surface area (Å²) in [6, 6.07) is 7.59. The second-order valence-corrected chi connectivity index (χ2v) is 8.74. The van der Waals surface area contributed by atoms with E-state index in [4.69, 9.17) is 5.73 Å². The van der Waals surface area contributed by atoms with Gasteiger partial charge in [0.2, 0.25) is 10.0 Å². The van der Waals surface area contributed by atoms with Gasteiger partial charge in [0.05, 0.1) is 4.75 Å². The zero-order valence-electron chi connectivity index (χ0n) is 11.8. The Morgan fingerprint density at radius 3 is 2.32 bits per heavy atom. The molecule has 0 saturated heterocycles. The standard InChI is InChI=1S/C14H22N2O2S/c1-14(2,3)19(17,18)16(12-8-9-12)10-11-6-4-5-7-13(11)15/h4-7,12H,8-10,15H2,1-3H3. The molecule has 5 heteroatoms. The van der Waals surface area contributed by atoms with Crippen molar-refractivity contribution in [1.29, 1.82) is 0 Å². The van der Waals surface area contributed by atoms with Crippen molar-refractivity contribution in [3.05, 3.63) is 29.8 Å². The first-order chi connectivity index (χ1) is 8.73. The zero-order valence-corrected chi connectivity index (χ0v) is 12.6. The molecule has 19 heavy (non-hydrogen) atoms. The lowest BCUT2D eigenvalue weighted by Gasteiger charge is -2.30. The van der Waals surface area contributed by atoms with Crippen LogP contribution in [0, 0.1) is 0 Å². The van der Waals surface area contributed by atoms with Crippen molar-refractivity contribution in [2.24, 2.45) is 0 Å². The van der Waals surface area contributed by atoms with Crippen LogP contribution < -0.4 is 5.73 Å². The number of nitrogen functional groups attached to an aromatic ring is 1. The molecule has 0 bridgehead atoms. The van der Waals surface area contributed by atoms with Crippen LogP contribution in [0.15, 0.2) is 24.3 Å². The molecule has 0 radical (unpaired) electrons. The smallest absolute Gasteiger partial charge is 0.219 e. The summed E-state index contributed by atoms with van der Waals surface area (Å²) in [6.07, 6.45) is 1.89. The van der Waals surface area contributed by atoms with Gasteiger partial charge < -0.3 is 5.73 Å². The zero-order chi connectivity index (χ0) is 14.3. The Labute approximate surface area is 115 Å². The third-order valence-corrected chi connectivity index (χ3v) is 6.01. The molecular formula is C14H22N2O2S. The maximum absolute atomic E-state index is 12.6. The van der Waals surface area contributed by atoms with E-state index >= 15 is 0 Å². The number of benzene rings is 1. The van der Waals surface area contributed by atoms with Crippen LogP contribution in [-0.4, -0.2) is 23.5 Å². The third-order valence-electron chi connectivity index (χ3n) is 3.42. The molecule has 0 amide bonds. The SMILES string of the molecule is CC(C)(C)S(=O)(=O)N(Cc1ccccc1N)C1CC1. The molecule has 1 fully saturated rings. The highest BCUT2D eigenvalue weighted by Gasteiger charge is 2.43. The van der Waals surface area contributed by atoms with Gasteiger partial charge in [0.15, 0.2) is 0 Å². The quantitative estimate of drug-likeness (QED) is 0.862. The molecule has 2 N–H and O–H groups in total. The van der Waals surface area contributed by atoms with Crippen molar-refractivity contribution in [3.8, 4) is 0 Å². The van der Waals surface area contributed by atoms with Gasteiger partial charge in [-0.05, 0) is 45.2 Å². The first kappa shape index (κ1) is 14.3. The molecule has 0 spiro atoms. The maximum Gasteiger partial charge on any atom is 0.219 e. The fourth-order valence-corrected chi connectivity index (χ4v) is 3.59. The highest BCUT2D eigenvalue weighted by Crippen LogP contribution is 2.35. The minimum atomic E-state index is -3.31. The van der Waals surface area contributed by atoms with E-state index in [0.29, 0.717) is 12.2 Å². The summed E-state index contributed by atoms with van der Waals surface area (Å²) in [7, 11) is -3.31. The van der Waals surface area contributed by atoms with E-state index in [-0.39, 0.29) is 6.04 Å². The van der Waals surface area contributed by atoms with Gasteiger partial charge >= 0.3 is 0 Å². The fourth-order valence-electron chi connectivity index (χ4n) is 1.97. The van der Waals surface area contributed by atoms with Crippen LogP contribution in [0.25, 0.3) is 0 Å². The summed E-state index contributed by atoms with van der Waals surface area (Å²) in [6.45, 7) is 5.60. The Balaban J connectivity index is 2.31. The highest BCUT2D eigenvalue weighted by molar-refractivity contribution is 7.90. The lowest BCUT2D eigenvalue weighted by Crippen LogP contribution is -2.43. The Bertz CT molecular complexity index is 557. The van der Waals surface area contributed by atoms with Gasteiger partial charge in [-0.2, -0.15) is 4.31 Å². The van der Waals surface area contributed by atoms with E-state index in [1.54, 1.807) is 25.1 Å². The van der Waals surface area contributed by atoms with E-state index in [1.165, 1.54) is 0 Å². The summed E-state index contributed by atoms with van der Waals surface area (Å²) in [5.41, 5.74) is 7.45. The van der Waals surface area contributed by atoms with E-state index < -0.39 is 14.8 Å². The van der Waals surface area contributed by atoms with Gasteiger partial charge in [-0.3, -0.25) is 0 Å². The molecule has 0 atom stereocenters. The third kappa shape index (κ3) is 2.92. The van der Waals surface area contributed by atoms with E-state index in [2.05, 4.69) is 0 Å². The molecule has 0 heterocycles. The van der Waals surface area contributed by atoms with Crippen LogP contribution in [0.4, 0.5) is 5.69 Å². The van der Waals surface area contributed by atoms with Crippen LogP contribution in [0.5, 0.6) is 0 Å². The summed E-state index contributed by atoms with van der Waals surface area (Å²) in [5, 5.41) is 0. The van der Waals surface area contributed by atoms with Crippen LogP contribution in [0.2, 0.25) is 0 Å². The number of hydrogen-bond donors (Lipinski definition) is 1. The lowest BCUT2D eigenvalue weighted by atomic mass is 10.2. The largest absolute Gasteiger partial charge is 0.398 e. The minimum Gasteiger partial charge on any atom is -0.398 e. The Morgan fingerprint density at radius 1 is 1.26 bits per heavy atom. The number of sulfonamides is 1. The molecule has 0 aliphatic heterocycles. The second kappa shape index (κ2) is 4.80. The van der Waals surface area contributed by atoms with E-state index in [9.17, 15) is 8.42 Å². The molecule has 1 saturated carbocycles. The molecule has 106 valence electrons. The number of rotatable bonds is 4. The molecule has 1 aliphatic carbocycles. The second-order valence-electron chi connectivity index (χ2n) is 6.09. The van der Waals surface area contributed by atoms with Gasteiger partial charge in [-0.25, -0.2) is 8.42 Å². The molecular weight excluding hydrogens is 260 g/mol. The number of nitrogens with two attached hydrogens (primary N) is 1. The number of nitrogens with zero attached hydrogens (tertiary/aromatic N) is 1. The molecule has 2 rings (SSSR count). The monoisotopic (exact) mass is 282 g/mol. The van der Waals surface area contributed by atoms with Gasteiger partial charge in [-0.15, -0.1) is 0 Å². The van der Waals surface area contributed by atoms with Crippen molar-refractivity contribution in [3.63, 3.8) is 0 Å². The maximum atomic E-state index is 12.6. The predicted molar refractivity (Wildman–Crippen MR) is 78.1 cm³/mol. The average molecular weight is 282 g/mol. The highest BCUT2D eigenvalue weighted by atomic mass is 32.2. The fraction of sp³-hybridized carbons (Fsp3) is 0.571. The van der Waals surface area contributed by atoms with Crippen LogP contribution in [-0.2, 0) is 16.6 Å². The number of anilines is 1. The van der Waals surface area contributed by atoms with Gasteiger partial charge in [0.25, 0.3) is 0 Å². The first-order valence-electron chi connectivity index (χ1n) is 6.58. The van der Waals surface area contributed by atoms with Gasteiger partial charge in [0.1, 0.15) is 0 Å². The molecule has 0 unspecified atom stereocenters. The number of hydrogen-bond acceptors (Lipinski definition) is 3. The summed E-state index contributed by atoms with van der Waals surface area (Å²) in [4.78, 5) is 0. The molecule has 1 aromatic carbocycles. The van der Waals surface area contributed by atoms with Crippen molar-refractivity contribution in [2.75, 3.05) is 5.73 Å². The van der Waals surface area contributed by atoms with Crippen molar-refractivity contribution in [2.45, 2.75) is 50.9 Å². The summed E-state index contributed by atoms with van der Waals surface area (Å²) < 4.78 is 26.1. The van der Waals surface area contributed by atoms with Crippen molar-refractivity contribution >= 4 is 15.7 Å². The molecule has 1 aromatic rings. The van der Waals surface area contributed by atoms with E-state index in [0.717, 1.165) is 18.4 Å². The Morgan fingerprint density at radius 2 is 1.84 bits per heavy atom. The van der Waals surface area contributed by atoms with Crippen LogP contribution in [0.3, 0.4) is 0 Å². The van der Waals surface area contributed by atoms with E-state index in [1.807, 2.05) is 24.3 Å². The first-order valence-corrected chi connectivity index (χ1v) is 8.02. The summed E-state index contributed by atoms with van der Waals surface area (Å²) >= 11 is 0. The lowest BCUT2D eigenvalue weighted by molar-refractivity contribution is 0.382. The van der Waals surface area contributed by atoms with Gasteiger partial charge in [-0.1, -0.05) is 18.2 Å². The topological polar surface area (TPSA) is 63.4 Å². The average Bonchev–Trinajstić information content (AvgIpc) is 3.10. The van der Waals surface area contributed by atoms with Crippen molar-refractivity contribution < 1.29 is 8.42 Å². The molecule has 1 aliphatic rings. The predicted octanol–water partition coefficient (Wildman–Crippen LogP) is 2.36. The normalized spacial score (nSPS) is 16.8.